The van der Waals surface area contributed by atoms with Crippen molar-refractivity contribution in [1.82, 2.24) is 15.2 Å². The Kier molecular flexibility index (Phi) is 3.23. The highest BCUT2D eigenvalue weighted by Crippen LogP contribution is 2.23. The maximum Gasteiger partial charge on any atom is 0.257 e. The number of phenolic OH excluding ortho intramolecular Hbond substituents is 1. The second kappa shape index (κ2) is 5.06. The Balaban J connectivity index is 1.92. The molecule has 0 bridgehead atoms. The number of nitrogens with one attached hydrogen (secondary N) is 2. The van der Waals surface area contributed by atoms with E-state index >= 15 is 0 Å². The van der Waals surface area contributed by atoms with E-state index in [4.69, 9.17) is 11.6 Å². The SMILES string of the molecule is Cc1[nH]nc2ncc(NC(=O)c3cc(O)ccc3Cl)cc12. The third-order valence-corrected chi connectivity index (χ3v) is 3.38. The molecule has 3 N–H and O–H groups in total. The fourth-order valence-electron chi connectivity index (χ4n) is 1.97. The molecular weight excluding hydrogens is 292 g/mol. The summed E-state index contributed by atoms with van der Waals surface area (Å²) in [4.78, 5) is 16.3. The lowest BCUT2D eigenvalue weighted by Crippen LogP contribution is -2.12. The summed E-state index contributed by atoms with van der Waals surface area (Å²) in [5.41, 5.74) is 2.17. The Bertz CT molecular complexity index is 844. The van der Waals surface area contributed by atoms with E-state index in [0.29, 0.717) is 11.3 Å². The van der Waals surface area contributed by atoms with Crippen molar-refractivity contribution >= 4 is 34.2 Å². The zero-order valence-corrected chi connectivity index (χ0v) is 11.8. The van der Waals surface area contributed by atoms with E-state index < -0.39 is 5.91 Å². The fraction of sp³-hybridized carbons (Fsp3) is 0.0714. The molecule has 0 aliphatic heterocycles. The molecule has 1 amide bonds. The normalized spacial score (nSPS) is 10.8. The first-order chi connectivity index (χ1) is 10.0. The number of H-pyrrole nitrogens is 1. The van der Waals surface area contributed by atoms with Gasteiger partial charge in [0.25, 0.3) is 5.91 Å². The van der Waals surface area contributed by atoms with Crippen molar-refractivity contribution in [1.29, 1.82) is 0 Å². The van der Waals surface area contributed by atoms with Crippen LogP contribution in [0.2, 0.25) is 5.02 Å². The summed E-state index contributed by atoms with van der Waals surface area (Å²) in [6, 6.07) is 5.97. The molecule has 7 heteroatoms. The first-order valence-corrected chi connectivity index (χ1v) is 6.53. The number of benzene rings is 1. The van der Waals surface area contributed by atoms with Gasteiger partial charge in [0.05, 0.1) is 22.5 Å². The van der Waals surface area contributed by atoms with E-state index in [-0.39, 0.29) is 16.3 Å². The van der Waals surface area contributed by atoms with Crippen molar-refractivity contribution in [3.8, 4) is 5.75 Å². The topological polar surface area (TPSA) is 90.9 Å². The van der Waals surface area contributed by atoms with Crippen molar-refractivity contribution < 1.29 is 9.90 Å². The van der Waals surface area contributed by atoms with E-state index in [1.807, 2.05) is 6.92 Å². The van der Waals surface area contributed by atoms with Gasteiger partial charge in [-0.25, -0.2) is 4.98 Å². The van der Waals surface area contributed by atoms with E-state index in [2.05, 4.69) is 20.5 Å². The molecule has 0 unspecified atom stereocenters. The maximum atomic E-state index is 12.2. The standard InChI is InChI=1S/C14H11ClN4O2/c1-7-10-4-8(6-16-13(10)19-18-7)17-14(21)11-5-9(20)2-3-12(11)15/h2-6,20H,1H3,(H,17,21)(H,16,18,19). The van der Waals surface area contributed by atoms with Crippen molar-refractivity contribution in [2.24, 2.45) is 0 Å². The third-order valence-electron chi connectivity index (χ3n) is 3.05. The summed E-state index contributed by atoms with van der Waals surface area (Å²) in [6.07, 6.45) is 1.51. The molecule has 0 atom stereocenters. The molecule has 2 aromatic heterocycles. The van der Waals surface area contributed by atoms with Crippen LogP contribution in [0.5, 0.6) is 5.75 Å². The maximum absolute atomic E-state index is 12.2. The summed E-state index contributed by atoms with van der Waals surface area (Å²) in [5, 5.41) is 20.1. The van der Waals surface area contributed by atoms with Gasteiger partial charge in [0.1, 0.15) is 5.75 Å². The van der Waals surface area contributed by atoms with Gasteiger partial charge in [-0.1, -0.05) is 11.6 Å². The number of amides is 1. The minimum atomic E-state index is -0.418. The number of phenols is 1. The molecule has 2 heterocycles. The number of fused-ring (bicyclic) bond motifs is 1. The predicted molar refractivity (Wildman–Crippen MR) is 79.7 cm³/mol. The molecule has 6 nitrogen and oxygen atoms in total. The quantitative estimate of drug-likeness (QED) is 0.679. The van der Waals surface area contributed by atoms with Crippen LogP contribution in [0.25, 0.3) is 11.0 Å². The van der Waals surface area contributed by atoms with Crippen LogP contribution in [0.4, 0.5) is 5.69 Å². The molecule has 0 aliphatic rings. The molecule has 106 valence electrons. The van der Waals surface area contributed by atoms with Crippen LogP contribution in [0.1, 0.15) is 16.1 Å². The molecule has 3 aromatic rings. The lowest BCUT2D eigenvalue weighted by atomic mass is 10.2. The summed E-state index contributed by atoms with van der Waals surface area (Å²) >= 11 is 5.96. The van der Waals surface area contributed by atoms with Crippen molar-refractivity contribution in [2.75, 3.05) is 5.32 Å². The Morgan fingerprint density at radius 2 is 2.19 bits per heavy atom. The van der Waals surface area contributed by atoms with E-state index in [0.717, 1.165) is 11.1 Å². The minimum absolute atomic E-state index is 0.0243. The van der Waals surface area contributed by atoms with Gasteiger partial charge in [0, 0.05) is 11.1 Å². The molecule has 3 rings (SSSR count). The Morgan fingerprint density at radius 1 is 1.38 bits per heavy atom. The van der Waals surface area contributed by atoms with Crippen molar-refractivity contribution in [3.63, 3.8) is 0 Å². The number of aromatic hydroxyl groups is 1. The van der Waals surface area contributed by atoms with Crippen LogP contribution in [0.3, 0.4) is 0 Å². The highest BCUT2D eigenvalue weighted by atomic mass is 35.5. The van der Waals surface area contributed by atoms with Crippen LogP contribution in [0.15, 0.2) is 30.5 Å². The van der Waals surface area contributed by atoms with Crippen LogP contribution in [0, 0.1) is 6.92 Å². The van der Waals surface area contributed by atoms with Gasteiger partial charge >= 0.3 is 0 Å². The summed E-state index contributed by atoms with van der Waals surface area (Å²) in [6.45, 7) is 1.87. The van der Waals surface area contributed by atoms with E-state index in [1.54, 1.807) is 6.07 Å². The number of halogens is 1. The molecular formula is C14H11ClN4O2. The monoisotopic (exact) mass is 302 g/mol. The number of rotatable bonds is 2. The lowest BCUT2D eigenvalue weighted by Gasteiger charge is -2.07. The summed E-state index contributed by atoms with van der Waals surface area (Å²) in [5.74, 6) is -0.443. The van der Waals surface area contributed by atoms with E-state index in [9.17, 15) is 9.90 Å². The Labute approximate surface area is 124 Å². The van der Waals surface area contributed by atoms with E-state index in [1.165, 1.54) is 24.4 Å². The largest absolute Gasteiger partial charge is 0.508 e. The van der Waals surface area contributed by atoms with Gasteiger partial charge < -0.3 is 10.4 Å². The average Bonchev–Trinajstić information content (AvgIpc) is 2.83. The molecule has 0 saturated carbocycles. The molecule has 0 radical (unpaired) electrons. The van der Waals surface area contributed by atoms with Gasteiger partial charge in [-0.15, -0.1) is 0 Å². The van der Waals surface area contributed by atoms with Crippen LogP contribution >= 0.6 is 11.6 Å². The van der Waals surface area contributed by atoms with Crippen molar-refractivity contribution in [2.45, 2.75) is 6.92 Å². The second-order valence-electron chi connectivity index (χ2n) is 4.56. The molecule has 0 aliphatic carbocycles. The summed E-state index contributed by atoms with van der Waals surface area (Å²) < 4.78 is 0. The van der Waals surface area contributed by atoms with Crippen LogP contribution < -0.4 is 5.32 Å². The van der Waals surface area contributed by atoms with Crippen LogP contribution in [-0.4, -0.2) is 26.2 Å². The zero-order chi connectivity index (χ0) is 15.0. The molecule has 1 aromatic carbocycles. The third kappa shape index (κ3) is 2.53. The van der Waals surface area contributed by atoms with Gasteiger partial charge in [-0.2, -0.15) is 5.10 Å². The number of anilines is 1. The number of pyridine rings is 1. The lowest BCUT2D eigenvalue weighted by molar-refractivity contribution is 0.102. The van der Waals surface area contributed by atoms with Gasteiger partial charge in [0.2, 0.25) is 0 Å². The first kappa shape index (κ1) is 13.4. The number of carbonyl (C=O) groups excluding carboxylic acids is 1. The molecule has 0 spiro atoms. The smallest absolute Gasteiger partial charge is 0.257 e. The molecule has 21 heavy (non-hydrogen) atoms. The highest BCUT2D eigenvalue weighted by Gasteiger charge is 2.12. The van der Waals surface area contributed by atoms with Crippen molar-refractivity contribution in [3.05, 3.63) is 46.7 Å². The number of hydrogen-bond donors (Lipinski definition) is 3. The second-order valence-corrected chi connectivity index (χ2v) is 4.97. The number of aryl methyl sites for hydroxylation is 1. The fourth-order valence-corrected chi connectivity index (χ4v) is 2.18. The van der Waals surface area contributed by atoms with Crippen LogP contribution in [-0.2, 0) is 0 Å². The zero-order valence-electron chi connectivity index (χ0n) is 11.0. The molecule has 0 fully saturated rings. The minimum Gasteiger partial charge on any atom is -0.508 e. The number of nitrogens with zero attached hydrogens (tertiary/aromatic N) is 2. The highest BCUT2D eigenvalue weighted by molar-refractivity contribution is 6.34. The molecule has 0 saturated heterocycles. The summed E-state index contributed by atoms with van der Waals surface area (Å²) in [7, 11) is 0. The number of carbonyl (C=O) groups is 1. The van der Waals surface area contributed by atoms with Gasteiger partial charge in [0.15, 0.2) is 5.65 Å². The van der Waals surface area contributed by atoms with Gasteiger partial charge in [-0.05, 0) is 31.2 Å². The number of aromatic amines is 1. The Morgan fingerprint density at radius 3 is 3.00 bits per heavy atom. The van der Waals surface area contributed by atoms with Gasteiger partial charge in [-0.3, -0.25) is 9.89 Å². The average molecular weight is 303 g/mol. The predicted octanol–water partition coefficient (Wildman–Crippen LogP) is 2.88. The number of hydrogen-bond acceptors (Lipinski definition) is 4. The number of aromatic nitrogens is 3. The Hall–Kier alpha value is -2.60. The first-order valence-electron chi connectivity index (χ1n) is 6.15.